The Kier molecular flexibility index (Phi) is 4.73. The van der Waals surface area contributed by atoms with Gasteiger partial charge in [-0.2, -0.15) is 0 Å². The number of aliphatic hydroxyl groups is 1. The van der Waals surface area contributed by atoms with Crippen LogP contribution >= 0.6 is 11.6 Å². The van der Waals surface area contributed by atoms with Crippen LogP contribution in [0.4, 0.5) is 0 Å². The molecule has 0 heterocycles. The molecule has 0 bridgehead atoms. The molecule has 2 unspecified atom stereocenters. The van der Waals surface area contributed by atoms with Crippen LogP contribution in [0, 0.1) is 0 Å². The van der Waals surface area contributed by atoms with Gasteiger partial charge >= 0.3 is 5.97 Å². The summed E-state index contributed by atoms with van der Waals surface area (Å²) in [5, 5.41) is 9.23. The van der Waals surface area contributed by atoms with E-state index in [9.17, 15) is 9.90 Å². The molecule has 17 heavy (non-hydrogen) atoms. The number of carbonyl (C=O) groups excluding carboxylic acids is 1. The molecule has 1 rings (SSSR count). The van der Waals surface area contributed by atoms with Gasteiger partial charge in [0.2, 0.25) is 0 Å². The highest BCUT2D eigenvalue weighted by atomic mass is 35.5. The fourth-order valence-corrected chi connectivity index (χ4v) is 1.57. The van der Waals surface area contributed by atoms with Crippen molar-refractivity contribution in [3.05, 3.63) is 48.6 Å². The molecule has 0 radical (unpaired) electrons. The van der Waals surface area contributed by atoms with Crippen molar-refractivity contribution in [1.29, 1.82) is 0 Å². The number of esters is 1. The maximum Gasteiger partial charge on any atom is 0.340 e. The van der Waals surface area contributed by atoms with Crippen LogP contribution in [-0.4, -0.2) is 23.3 Å². The zero-order chi connectivity index (χ0) is 12.9. The van der Waals surface area contributed by atoms with E-state index in [0.29, 0.717) is 5.56 Å². The first-order chi connectivity index (χ1) is 8.00. The second-order valence-corrected chi connectivity index (χ2v) is 4.24. The van der Waals surface area contributed by atoms with Gasteiger partial charge in [0.15, 0.2) is 5.60 Å². The lowest BCUT2D eigenvalue weighted by Crippen LogP contribution is -2.40. The molecule has 4 heteroatoms. The first-order valence-corrected chi connectivity index (χ1v) is 5.63. The van der Waals surface area contributed by atoms with Gasteiger partial charge in [0.05, 0.1) is 5.38 Å². The summed E-state index contributed by atoms with van der Waals surface area (Å²) in [5.41, 5.74) is -1.11. The van der Waals surface area contributed by atoms with E-state index in [4.69, 9.17) is 16.3 Å². The minimum absolute atomic E-state index is 0.0490. The molecular weight excluding hydrogens is 240 g/mol. The first kappa shape index (κ1) is 13.7. The normalized spacial score (nSPS) is 15.7. The van der Waals surface area contributed by atoms with E-state index in [0.717, 1.165) is 0 Å². The monoisotopic (exact) mass is 254 g/mol. The molecular formula is C13H15ClO3. The molecule has 0 aliphatic heterocycles. The minimum Gasteiger partial charge on any atom is -0.459 e. The average molecular weight is 255 g/mol. The minimum atomic E-state index is -1.77. The molecule has 0 aromatic heterocycles. The maximum atomic E-state index is 11.6. The number of hydrogen-bond acceptors (Lipinski definition) is 3. The van der Waals surface area contributed by atoms with Crippen LogP contribution in [0.15, 0.2) is 43.0 Å². The summed E-state index contributed by atoms with van der Waals surface area (Å²) in [4.78, 5) is 11.6. The van der Waals surface area contributed by atoms with Crippen LogP contribution in [0.3, 0.4) is 0 Å². The fourth-order valence-electron chi connectivity index (χ4n) is 1.33. The maximum absolute atomic E-state index is 11.6. The Balaban J connectivity index is 2.82. The largest absolute Gasteiger partial charge is 0.459 e. The number of halogens is 1. The summed E-state index contributed by atoms with van der Waals surface area (Å²) in [6, 6.07) is 8.89. The fraction of sp³-hybridized carbons (Fsp3) is 0.308. The highest BCUT2D eigenvalue weighted by Crippen LogP contribution is 2.33. The van der Waals surface area contributed by atoms with Gasteiger partial charge in [-0.05, 0) is 12.5 Å². The molecule has 0 aliphatic rings. The lowest BCUT2D eigenvalue weighted by atomic mass is 9.96. The zero-order valence-corrected chi connectivity index (χ0v) is 10.4. The van der Waals surface area contributed by atoms with Crippen LogP contribution in [-0.2, 0) is 9.53 Å². The van der Waals surface area contributed by atoms with Crippen molar-refractivity contribution in [2.24, 2.45) is 0 Å². The Hall–Kier alpha value is -1.32. The molecule has 1 aromatic rings. The van der Waals surface area contributed by atoms with Gasteiger partial charge in [-0.15, -0.1) is 11.6 Å². The number of ether oxygens (including phenoxy) is 1. The predicted octanol–water partition coefficient (Wildman–Crippen LogP) is 2.45. The number of hydrogen-bond donors (Lipinski definition) is 1. The summed E-state index contributed by atoms with van der Waals surface area (Å²) in [6.07, 6.45) is 1.43. The van der Waals surface area contributed by atoms with Gasteiger partial charge in [-0.25, -0.2) is 4.79 Å². The van der Waals surface area contributed by atoms with Gasteiger partial charge in [0.25, 0.3) is 0 Å². The van der Waals surface area contributed by atoms with Crippen LogP contribution < -0.4 is 0 Å². The van der Waals surface area contributed by atoms with E-state index >= 15 is 0 Å². The third kappa shape index (κ3) is 3.32. The summed E-state index contributed by atoms with van der Waals surface area (Å²) in [5.74, 6) is -0.763. The molecule has 92 valence electrons. The third-order valence-electron chi connectivity index (χ3n) is 2.33. The van der Waals surface area contributed by atoms with E-state index in [1.807, 2.05) is 6.07 Å². The van der Waals surface area contributed by atoms with Crippen molar-refractivity contribution < 1.29 is 14.6 Å². The number of benzene rings is 1. The summed E-state index contributed by atoms with van der Waals surface area (Å²) < 4.78 is 4.81. The van der Waals surface area contributed by atoms with Crippen LogP contribution in [0.1, 0.15) is 17.9 Å². The summed E-state index contributed by atoms with van der Waals surface area (Å²) in [7, 11) is 0. The van der Waals surface area contributed by atoms with E-state index < -0.39 is 16.9 Å². The topological polar surface area (TPSA) is 46.5 Å². The smallest absolute Gasteiger partial charge is 0.340 e. The van der Waals surface area contributed by atoms with Crippen molar-refractivity contribution in [3.8, 4) is 0 Å². The Bertz CT molecular complexity index is 387. The van der Waals surface area contributed by atoms with Crippen molar-refractivity contribution in [3.63, 3.8) is 0 Å². The molecule has 0 saturated carbocycles. The lowest BCUT2D eigenvalue weighted by molar-refractivity contribution is -0.162. The van der Waals surface area contributed by atoms with E-state index in [1.54, 1.807) is 24.3 Å². The van der Waals surface area contributed by atoms with Gasteiger partial charge < -0.3 is 9.84 Å². The van der Waals surface area contributed by atoms with Crippen LogP contribution in [0.25, 0.3) is 0 Å². The van der Waals surface area contributed by atoms with Crippen molar-refractivity contribution in [1.82, 2.24) is 0 Å². The molecule has 0 spiro atoms. The van der Waals surface area contributed by atoms with E-state index in [-0.39, 0.29) is 6.61 Å². The second kappa shape index (κ2) is 5.84. The molecule has 0 saturated heterocycles. The zero-order valence-electron chi connectivity index (χ0n) is 9.60. The first-order valence-electron chi connectivity index (χ1n) is 5.19. The van der Waals surface area contributed by atoms with Crippen LogP contribution in [0.5, 0.6) is 0 Å². The molecule has 1 N–H and O–H groups in total. The van der Waals surface area contributed by atoms with Crippen molar-refractivity contribution in [2.45, 2.75) is 17.9 Å². The summed E-state index contributed by atoms with van der Waals surface area (Å²) >= 11 is 6.10. The highest BCUT2D eigenvalue weighted by Gasteiger charge is 2.40. The Morgan fingerprint density at radius 1 is 1.59 bits per heavy atom. The molecule has 0 fully saturated rings. The average Bonchev–Trinajstić information content (AvgIpc) is 2.35. The third-order valence-corrected chi connectivity index (χ3v) is 3.01. The van der Waals surface area contributed by atoms with Crippen molar-refractivity contribution >= 4 is 17.6 Å². The number of alkyl halides is 1. The SMILES string of the molecule is C=CCOC(=O)C(C)(O)C(Cl)c1ccccc1. The highest BCUT2D eigenvalue weighted by molar-refractivity contribution is 6.23. The predicted molar refractivity (Wildman–Crippen MR) is 66.8 cm³/mol. The van der Waals surface area contributed by atoms with Gasteiger partial charge in [-0.3, -0.25) is 0 Å². The van der Waals surface area contributed by atoms with Gasteiger partial charge in [0.1, 0.15) is 6.61 Å². The molecule has 0 aliphatic carbocycles. The van der Waals surface area contributed by atoms with E-state index in [2.05, 4.69) is 6.58 Å². The van der Waals surface area contributed by atoms with Crippen molar-refractivity contribution in [2.75, 3.05) is 6.61 Å². The standard InChI is InChI=1S/C13H15ClO3/c1-3-9-17-12(15)13(2,16)11(14)10-7-5-4-6-8-10/h3-8,11,16H,1,9H2,2H3. The molecule has 1 aromatic carbocycles. The van der Waals surface area contributed by atoms with Gasteiger partial charge in [-0.1, -0.05) is 43.0 Å². The second-order valence-electron chi connectivity index (χ2n) is 3.81. The molecule has 0 amide bonds. The number of carbonyl (C=O) groups is 1. The Morgan fingerprint density at radius 3 is 2.71 bits per heavy atom. The van der Waals surface area contributed by atoms with Gasteiger partial charge in [0, 0.05) is 0 Å². The summed E-state index contributed by atoms with van der Waals surface area (Å²) in [6.45, 7) is 4.81. The molecule has 3 nitrogen and oxygen atoms in total. The lowest BCUT2D eigenvalue weighted by Gasteiger charge is -2.26. The Morgan fingerprint density at radius 2 is 2.18 bits per heavy atom. The quantitative estimate of drug-likeness (QED) is 0.499. The van der Waals surface area contributed by atoms with E-state index in [1.165, 1.54) is 13.0 Å². The Labute approximate surface area is 106 Å². The molecule has 2 atom stereocenters. The number of rotatable bonds is 5. The van der Waals surface area contributed by atoms with Crippen LogP contribution in [0.2, 0.25) is 0 Å².